The molecule has 5 nitrogen and oxygen atoms in total. The molecule has 0 aliphatic heterocycles. The molecular weight excluding hydrogens is 240 g/mol. The number of rotatable bonds is 4. The molecule has 17 heavy (non-hydrogen) atoms. The molecule has 0 saturated carbocycles. The number of benzene rings is 1. The summed E-state index contributed by atoms with van der Waals surface area (Å²) in [7, 11) is -2.31. The van der Waals surface area contributed by atoms with Crippen LogP contribution in [0.15, 0.2) is 23.1 Å². The molecule has 1 amide bonds. The molecule has 0 aliphatic rings. The fourth-order valence-corrected chi connectivity index (χ4v) is 2.58. The Hall–Kier alpha value is -1.40. The van der Waals surface area contributed by atoms with E-state index in [1.165, 1.54) is 13.1 Å². The van der Waals surface area contributed by atoms with Gasteiger partial charge < -0.3 is 5.73 Å². The number of hydrogen-bond acceptors (Lipinski definition) is 3. The summed E-state index contributed by atoms with van der Waals surface area (Å²) in [6.07, 6.45) is 0. The average Bonchev–Trinajstić information content (AvgIpc) is 2.20. The smallest absolute Gasteiger partial charge is 0.243 e. The summed E-state index contributed by atoms with van der Waals surface area (Å²) in [4.78, 5) is 10.9. The van der Waals surface area contributed by atoms with Gasteiger partial charge in [-0.25, -0.2) is 8.42 Å². The molecule has 0 aliphatic carbocycles. The summed E-state index contributed by atoms with van der Waals surface area (Å²) < 4.78 is 25.0. The van der Waals surface area contributed by atoms with Crippen molar-refractivity contribution >= 4 is 15.9 Å². The first kappa shape index (κ1) is 13.7. The highest BCUT2D eigenvalue weighted by atomic mass is 32.2. The van der Waals surface area contributed by atoms with Crippen LogP contribution < -0.4 is 5.73 Å². The largest absolute Gasteiger partial charge is 0.369 e. The quantitative estimate of drug-likeness (QED) is 0.847. The van der Waals surface area contributed by atoms with Crippen LogP contribution in [-0.4, -0.2) is 32.2 Å². The minimum absolute atomic E-state index is 0.171. The highest BCUT2D eigenvalue weighted by Crippen LogP contribution is 2.17. The number of nitrogens with two attached hydrogens (primary N) is 1. The van der Waals surface area contributed by atoms with Gasteiger partial charge >= 0.3 is 0 Å². The lowest BCUT2D eigenvalue weighted by Gasteiger charge is -2.16. The van der Waals surface area contributed by atoms with E-state index < -0.39 is 15.9 Å². The van der Waals surface area contributed by atoms with E-state index in [1.807, 2.05) is 13.8 Å². The Labute approximate surface area is 101 Å². The van der Waals surface area contributed by atoms with Crippen LogP contribution in [0.1, 0.15) is 11.1 Å². The van der Waals surface area contributed by atoms with Crippen molar-refractivity contribution in [1.82, 2.24) is 4.31 Å². The molecule has 1 rings (SSSR count). The normalized spacial score (nSPS) is 11.8. The standard InChI is InChI=1S/C11H16N2O3S/c1-8-4-5-10(6-9(8)2)17(15,16)13(3)7-11(12)14/h4-6H,7H2,1-3H3,(H2,12,14). The Balaban J connectivity index is 3.13. The second-order valence-corrected chi connectivity index (χ2v) is 6.02. The zero-order valence-corrected chi connectivity index (χ0v) is 10.9. The van der Waals surface area contributed by atoms with Gasteiger partial charge in [-0.3, -0.25) is 4.79 Å². The third-order valence-corrected chi connectivity index (χ3v) is 4.36. The lowest BCUT2D eigenvalue weighted by Crippen LogP contribution is -2.35. The second-order valence-electron chi connectivity index (χ2n) is 3.97. The first-order valence-electron chi connectivity index (χ1n) is 5.07. The van der Waals surface area contributed by atoms with Crippen LogP contribution >= 0.6 is 0 Å². The third kappa shape index (κ3) is 3.04. The van der Waals surface area contributed by atoms with Gasteiger partial charge in [0.15, 0.2) is 0 Å². The van der Waals surface area contributed by atoms with Crippen LogP contribution in [0.5, 0.6) is 0 Å². The molecule has 1 aromatic carbocycles. The maximum atomic E-state index is 12.0. The molecule has 2 N–H and O–H groups in total. The van der Waals surface area contributed by atoms with Crippen LogP contribution in [0, 0.1) is 13.8 Å². The summed E-state index contributed by atoms with van der Waals surface area (Å²) in [5, 5.41) is 0. The van der Waals surface area contributed by atoms with E-state index in [9.17, 15) is 13.2 Å². The molecule has 0 fully saturated rings. The van der Waals surface area contributed by atoms with Crippen molar-refractivity contribution in [3.8, 4) is 0 Å². The van der Waals surface area contributed by atoms with E-state index in [-0.39, 0.29) is 11.4 Å². The molecule has 0 spiro atoms. The van der Waals surface area contributed by atoms with Crippen molar-refractivity contribution in [3.05, 3.63) is 29.3 Å². The van der Waals surface area contributed by atoms with Crippen LogP contribution in [-0.2, 0) is 14.8 Å². The number of hydrogen-bond donors (Lipinski definition) is 1. The average molecular weight is 256 g/mol. The van der Waals surface area contributed by atoms with Gasteiger partial charge in [0.05, 0.1) is 11.4 Å². The van der Waals surface area contributed by atoms with Crippen molar-refractivity contribution < 1.29 is 13.2 Å². The second kappa shape index (κ2) is 4.85. The van der Waals surface area contributed by atoms with E-state index in [0.717, 1.165) is 15.4 Å². The summed E-state index contributed by atoms with van der Waals surface area (Å²) in [6, 6.07) is 4.84. The molecule has 0 saturated heterocycles. The Morgan fingerprint density at radius 3 is 2.35 bits per heavy atom. The van der Waals surface area contributed by atoms with E-state index >= 15 is 0 Å². The fourth-order valence-electron chi connectivity index (χ4n) is 1.36. The minimum atomic E-state index is -3.64. The summed E-state index contributed by atoms with van der Waals surface area (Å²) in [5.41, 5.74) is 6.88. The molecule has 0 atom stereocenters. The molecule has 1 aromatic rings. The number of aryl methyl sites for hydroxylation is 2. The molecule has 6 heteroatoms. The maximum Gasteiger partial charge on any atom is 0.243 e. The van der Waals surface area contributed by atoms with Crippen molar-refractivity contribution in [3.63, 3.8) is 0 Å². The lowest BCUT2D eigenvalue weighted by atomic mass is 10.1. The number of likely N-dealkylation sites (N-methyl/N-ethyl adjacent to an activating group) is 1. The highest BCUT2D eigenvalue weighted by Gasteiger charge is 2.22. The van der Waals surface area contributed by atoms with Gasteiger partial charge in [-0.15, -0.1) is 0 Å². The van der Waals surface area contributed by atoms with Gasteiger partial charge in [-0.2, -0.15) is 4.31 Å². The van der Waals surface area contributed by atoms with E-state index in [2.05, 4.69) is 0 Å². The molecule has 0 heterocycles. The molecule has 0 bridgehead atoms. The van der Waals surface area contributed by atoms with E-state index in [0.29, 0.717) is 0 Å². The Kier molecular flexibility index (Phi) is 3.90. The number of carbonyl (C=O) groups is 1. The van der Waals surface area contributed by atoms with Crippen molar-refractivity contribution in [2.24, 2.45) is 5.73 Å². The van der Waals surface area contributed by atoms with Gasteiger partial charge in [0.2, 0.25) is 15.9 Å². The number of primary amides is 1. The zero-order valence-electron chi connectivity index (χ0n) is 10.1. The summed E-state index contributed by atoms with van der Waals surface area (Å²) in [5.74, 6) is -0.681. The zero-order chi connectivity index (χ0) is 13.2. The maximum absolute atomic E-state index is 12.0. The number of amides is 1. The predicted octanol–water partition coefficient (Wildman–Crippen LogP) is 0.409. The molecule has 0 radical (unpaired) electrons. The van der Waals surface area contributed by atoms with Gasteiger partial charge in [-0.05, 0) is 37.1 Å². The summed E-state index contributed by atoms with van der Waals surface area (Å²) >= 11 is 0. The fraction of sp³-hybridized carbons (Fsp3) is 0.364. The van der Waals surface area contributed by atoms with Gasteiger partial charge in [0.25, 0.3) is 0 Å². The first-order valence-corrected chi connectivity index (χ1v) is 6.51. The van der Waals surface area contributed by atoms with Crippen LogP contribution in [0.25, 0.3) is 0 Å². The van der Waals surface area contributed by atoms with Crippen LogP contribution in [0.2, 0.25) is 0 Å². The van der Waals surface area contributed by atoms with Crippen LogP contribution in [0.4, 0.5) is 0 Å². The first-order chi connectivity index (χ1) is 7.75. The van der Waals surface area contributed by atoms with E-state index in [4.69, 9.17) is 5.73 Å². The number of sulfonamides is 1. The summed E-state index contributed by atoms with van der Waals surface area (Å²) in [6.45, 7) is 3.41. The number of nitrogens with zero attached hydrogens (tertiary/aromatic N) is 1. The van der Waals surface area contributed by atoms with Crippen LogP contribution in [0.3, 0.4) is 0 Å². The topological polar surface area (TPSA) is 80.5 Å². The minimum Gasteiger partial charge on any atom is -0.369 e. The van der Waals surface area contributed by atoms with Gasteiger partial charge in [0, 0.05) is 7.05 Å². The Morgan fingerprint density at radius 1 is 1.29 bits per heavy atom. The van der Waals surface area contributed by atoms with Gasteiger partial charge in [0.1, 0.15) is 0 Å². The van der Waals surface area contributed by atoms with Crippen molar-refractivity contribution in [2.75, 3.05) is 13.6 Å². The monoisotopic (exact) mass is 256 g/mol. The third-order valence-electron chi connectivity index (χ3n) is 2.57. The molecular formula is C11H16N2O3S. The van der Waals surface area contributed by atoms with Crippen molar-refractivity contribution in [2.45, 2.75) is 18.7 Å². The predicted molar refractivity (Wildman–Crippen MR) is 64.9 cm³/mol. The van der Waals surface area contributed by atoms with Gasteiger partial charge in [-0.1, -0.05) is 6.07 Å². The Morgan fingerprint density at radius 2 is 1.88 bits per heavy atom. The number of carbonyl (C=O) groups excluding carboxylic acids is 1. The SMILES string of the molecule is Cc1ccc(S(=O)(=O)N(C)CC(N)=O)cc1C. The molecule has 0 aromatic heterocycles. The molecule has 94 valence electrons. The molecule has 0 unspecified atom stereocenters. The lowest BCUT2D eigenvalue weighted by molar-refractivity contribution is -0.118. The van der Waals surface area contributed by atoms with E-state index in [1.54, 1.807) is 12.1 Å². The van der Waals surface area contributed by atoms with Crippen molar-refractivity contribution in [1.29, 1.82) is 0 Å². The Bertz CT molecular complexity index is 538. The highest BCUT2D eigenvalue weighted by molar-refractivity contribution is 7.89.